The first kappa shape index (κ1) is 19.0. The van der Waals surface area contributed by atoms with Crippen molar-refractivity contribution in [3.05, 3.63) is 59.3 Å². The molecule has 4 heterocycles. The third-order valence-corrected chi connectivity index (χ3v) is 5.58. The second-order valence-corrected chi connectivity index (χ2v) is 7.51. The van der Waals surface area contributed by atoms with E-state index in [1.807, 2.05) is 19.9 Å². The Labute approximate surface area is 169 Å². The third-order valence-electron chi connectivity index (χ3n) is 5.58. The fraction of sp³-hybridized carbons (Fsp3) is 0.381. The lowest BCUT2D eigenvalue weighted by atomic mass is 10.0. The van der Waals surface area contributed by atoms with Crippen LogP contribution in [0.25, 0.3) is 5.65 Å². The molecule has 4 rings (SSSR count). The van der Waals surface area contributed by atoms with Gasteiger partial charge in [-0.15, -0.1) is 0 Å². The van der Waals surface area contributed by atoms with Gasteiger partial charge in [0, 0.05) is 50.3 Å². The maximum absolute atomic E-state index is 12.9. The van der Waals surface area contributed by atoms with Gasteiger partial charge in [-0.25, -0.2) is 14.5 Å². The number of carbonyl (C=O) groups excluding carboxylic acids is 2. The highest BCUT2D eigenvalue weighted by molar-refractivity contribution is 5.94. The largest absolute Gasteiger partial charge is 0.336 e. The van der Waals surface area contributed by atoms with Crippen molar-refractivity contribution in [1.29, 1.82) is 0 Å². The van der Waals surface area contributed by atoms with Gasteiger partial charge in [0.05, 0.1) is 0 Å². The molecular formula is C21H24N6O2. The number of nitrogens with zero attached hydrogens (tertiary/aromatic N) is 6. The normalized spacial score (nSPS) is 16.8. The number of aryl methyl sites for hydroxylation is 2. The van der Waals surface area contributed by atoms with E-state index in [1.165, 1.54) is 0 Å². The summed E-state index contributed by atoms with van der Waals surface area (Å²) in [4.78, 5) is 38.0. The molecule has 0 saturated carbocycles. The fourth-order valence-corrected chi connectivity index (χ4v) is 3.65. The van der Waals surface area contributed by atoms with E-state index in [4.69, 9.17) is 0 Å². The smallest absolute Gasteiger partial charge is 0.274 e. The van der Waals surface area contributed by atoms with Crippen molar-refractivity contribution in [2.75, 3.05) is 20.1 Å². The number of fused-ring (bicyclic) bond motifs is 1. The zero-order chi connectivity index (χ0) is 20.5. The molecule has 1 fully saturated rings. The van der Waals surface area contributed by atoms with E-state index in [-0.39, 0.29) is 17.9 Å². The van der Waals surface area contributed by atoms with Crippen LogP contribution in [0.2, 0.25) is 0 Å². The number of carbonyl (C=O) groups is 2. The predicted molar refractivity (Wildman–Crippen MR) is 108 cm³/mol. The Morgan fingerprint density at radius 1 is 1.21 bits per heavy atom. The van der Waals surface area contributed by atoms with Gasteiger partial charge >= 0.3 is 0 Å². The summed E-state index contributed by atoms with van der Waals surface area (Å²) >= 11 is 0. The maximum Gasteiger partial charge on any atom is 0.274 e. The summed E-state index contributed by atoms with van der Waals surface area (Å²) in [5, 5.41) is 4.32. The molecule has 1 aliphatic heterocycles. The van der Waals surface area contributed by atoms with Crippen LogP contribution in [0.4, 0.5) is 0 Å². The minimum Gasteiger partial charge on any atom is -0.336 e. The van der Waals surface area contributed by atoms with Gasteiger partial charge in [0.1, 0.15) is 5.69 Å². The van der Waals surface area contributed by atoms with Gasteiger partial charge in [0.2, 0.25) is 0 Å². The quantitative estimate of drug-likeness (QED) is 0.682. The minimum atomic E-state index is -0.167. The van der Waals surface area contributed by atoms with E-state index in [0.29, 0.717) is 30.1 Å². The number of pyridine rings is 1. The molecule has 0 bridgehead atoms. The summed E-state index contributed by atoms with van der Waals surface area (Å²) < 4.78 is 1.59. The number of aromatic nitrogens is 4. The molecule has 1 saturated heterocycles. The van der Waals surface area contributed by atoms with Crippen LogP contribution in [0.3, 0.4) is 0 Å². The minimum absolute atomic E-state index is 0.0653. The zero-order valence-corrected chi connectivity index (χ0v) is 16.9. The highest BCUT2D eigenvalue weighted by Gasteiger charge is 2.30. The van der Waals surface area contributed by atoms with E-state index >= 15 is 0 Å². The van der Waals surface area contributed by atoms with Crippen LogP contribution in [0.1, 0.15) is 45.1 Å². The van der Waals surface area contributed by atoms with Crippen molar-refractivity contribution in [3.8, 4) is 0 Å². The monoisotopic (exact) mass is 392 g/mol. The Hall–Kier alpha value is -3.29. The molecule has 8 nitrogen and oxygen atoms in total. The van der Waals surface area contributed by atoms with Crippen LogP contribution in [-0.4, -0.2) is 67.4 Å². The second-order valence-electron chi connectivity index (χ2n) is 7.51. The lowest BCUT2D eigenvalue weighted by molar-refractivity contribution is 0.0514. The summed E-state index contributed by atoms with van der Waals surface area (Å²) in [5.41, 5.74) is 3.35. The van der Waals surface area contributed by atoms with Crippen LogP contribution in [0.15, 0.2) is 36.7 Å². The molecule has 3 aromatic rings. The topological polar surface area (TPSA) is 83.7 Å². The van der Waals surface area contributed by atoms with Crippen molar-refractivity contribution < 1.29 is 9.59 Å². The number of rotatable bonds is 3. The van der Waals surface area contributed by atoms with E-state index in [0.717, 1.165) is 24.1 Å². The molecule has 1 unspecified atom stereocenters. The van der Waals surface area contributed by atoms with Crippen LogP contribution in [0, 0.1) is 13.8 Å². The Morgan fingerprint density at radius 3 is 2.79 bits per heavy atom. The first-order valence-corrected chi connectivity index (χ1v) is 9.75. The second kappa shape index (κ2) is 7.62. The molecule has 2 amide bonds. The van der Waals surface area contributed by atoms with Crippen molar-refractivity contribution in [2.45, 2.75) is 32.7 Å². The Morgan fingerprint density at radius 2 is 2.03 bits per heavy atom. The fourth-order valence-electron chi connectivity index (χ4n) is 3.65. The number of piperidine rings is 1. The zero-order valence-electron chi connectivity index (χ0n) is 16.9. The Bertz CT molecular complexity index is 1040. The SMILES string of the molecule is Cc1ccc(C(=O)N2CCCC(N(C)C(=O)c3cc4ncccn4n3)C2)nc1C. The molecular weight excluding hydrogens is 368 g/mol. The van der Waals surface area contributed by atoms with E-state index < -0.39 is 0 Å². The molecule has 0 spiro atoms. The number of likely N-dealkylation sites (N-methyl/N-ethyl adjacent to an activating group) is 1. The van der Waals surface area contributed by atoms with E-state index in [1.54, 1.807) is 52.0 Å². The van der Waals surface area contributed by atoms with Crippen molar-refractivity contribution in [2.24, 2.45) is 0 Å². The Balaban J connectivity index is 1.49. The van der Waals surface area contributed by atoms with E-state index in [2.05, 4.69) is 15.1 Å². The highest BCUT2D eigenvalue weighted by atomic mass is 16.2. The summed E-state index contributed by atoms with van der Waals surface area (Å²) in [5.74, 6) is -0.255. The lowest BCUT2D eigenvalue weighted by Gasteiger charge is -2.37. The van der Waals surface area contributed by atoms with Crippen LogP contribution < -0.4 is 0 Å². The molecule has 1 aliphatic rings. The molecule has 0 radical (unpaired) electrons. The predicted octanol–water partition coefficient (Wildman–Crippen LogP) is 2.12. The van der Waals surface area contributed by atoms with Gasteiger partial charge in [-0.2, -0.15) is 5.10 Å². The van der Waals surface area contributed by atoms with Gasteiger partial charge in [-0.05, 0) is 44.4 Å². The van der Waals surface area contributed by atoms with E-state index in [9.17, 15) is 9.59 Å². The molecule has 29 heavy (non-hydrogen) atoms. The van der Waals surface area contributed by atoms with Crippen molar-refractivity contribution in [1.82, 2.24) is 29.4 Å². The highest BCUT2D eigenvalue weighted by Crippen LogP contribution is 2.19. The first-order chi connectivity index (χ1) is 13.9. The average Bonchev–Trinajstić information content (AvgIpc) is 3.18. The number of likely N-dealkylation sites (tertiary alicyclic amines) is 1. The average molecular weight is 392 g/mol. The maximum atomic E-state index is 12.9. The third kappa shape index (κ3) is 3.70. The molecule has 0 aromatic carbocycles. The van der Waals surface area contributed by atoms with Gasteiger partial charge < -0.3 is 9.80 Å². The molecule has 0 N–H and O–H groups in total. The number of hydrogen-bond acceptors (Lipinski definition) is 5. The molecule has 3 aromatic heterocycles. The van der Waals surface area contributed by atoms with Crippen molar-refractivity contribution in [3.63, 3.8) is 0 Å². The van der Waals surface area contributed by atoms with Gasteiger partial charge in [0.25, 0.3) is 11.8 Å². The molecule has 0 aliphatic carbocycles. The summed E-state index contributed by atoms with van der Waals surface area (Å²) in [6, 6.07) is 7.08. The summed E-state index contributed by atoms with van der Waals surface area (Å²) in [6.45, 7) is 5.04. The van der Waals surface area contributed by atoms with Crippen LogP contribution >= 0.6 is 0 Å². The Kier molecular flexibility index (Phi) is 5.00. The molecule has 150 valence electrons. The molecule has 8 heteroatoms. The number of amides is 2. The first-order valence-electron chi connectivity index (χ1n) is 9.75. The summed E-state index contributed by atoms with van der Waals surface area (Å²) in [7, 11) is 1.77. The van der Waals surface area contributed by atoms with Gasteiger partial charge in [-0.3, -0.25) is 9.59 Å². The van der Waals surface area contributed by atoms with Crippen LogP contribution in [-0.2, 0) is 0 Å². The summed E-state index contributed by atoms with van der Waals surface area (Å²) in [6.07, 6.45) is 5.11. The van der Waals surface area contributed by atoms with Gasteiger partial charge in [-0.1, -0.05) is 6.07 Å². The van der Waals surface area contributed by atoms with Crippen LogP contribution in [0.5, 0.6) is 0 Å². The van der Waals surface area contributed by atoms with Crippen molar-refractivity contribution >= 4 is 17.5 Å². The number of hydrogen-bond donors (Lipinski definition) is 0. The standard InChI is InChI=1S/C21H24N6O2/c1-14-7-8-17(23-15(14)2)21(29)26-10-4-6-16(13-26)25(3)20(28)18-12-19-22-9-5-11-27(19)24-18/h5,7-9,11-12,16H,4,6,10,13H2,1-3H3. The van der Waals surface area contributed by atoms with Gasteiger partial charge in [0.15, 0.2) is 11.3 Å². The molecule has 1 atom stereocenters. The lowest BCUT2D eigenvalue weighted by Crippen LogP contribution is -2.50.